The molecule has 7 nitrogen and oxygen atoms in total. The van der Waals surface area contributed by atoms with E-state index >= 15 is 0 Å². The number of fused-ring (bicyclic) bond motifs is 1. The Morgan fingerprint density at radius 3 is 2.76 bits per heavy atom. The summed E-state index contributed by atoms with van der Waals surface area (Å²) in [4.78, 5) is 11.8. The van der Waals surface area contributed by atoms with Gasteiger partial charge in [0, 0.05) is 19.2 Å². The maximum Gasteiger partial charge on any atom is 0.251 e. The van der Waals surface area contributed by atoms with Gasteiger partial charge in [0.25, 0.3) is 5.91 Å². The molecule has 0 unspecified atom stereocenters. The first-order valence-corrected chi connectivity index (χ1v) is 9.18. The topological polar surface area (TPSA) is 84.2 Å². The first kappa shape index (κ1) is 18.5. The molecule has 0 bridgehead atoms. The van der Waals surface area contributed by atoms with Crippen LogP contribution in [0.1, 0.15) is 15.9 Å². The van der Waals surface area contributed by atoms with Crippen LogP contribution in [0.5, 0.6) is 0 Å². The number of hydrogen-bond acceptors (Lipinski definition) is 5. The van der Waals surface area contributed by atoms with Gasteiger partial charge >= 0.3 is 0 Å². The van der Waals surface area contributed by atoms with Crippen molar-refractivity contribution in [2.45, 2.75) is 6.42 Å². The van der Waals surface area contributed by atoms with Gasteiger partial charge in [0.15, 0.2) is 11.5 Å². The number of rotatable bonds is 6. The van der Waals surface area contributed by atoms with E-state index < -0.39 is 0 Å². The smallest absolute Gasteiger partial charge is 0.251 e. The lowest BCUT2D eigenvalue weighted by atomic mass is 10.1. The lowest BCUT2D eigenvalue weighted by Gasteiger charge is -2.08. The van der Waals surface area contributed by atoms with Crippen molar-refractivity contribution in [1.29, 1.82) is 0 Å². The molecule has 29 heavy (non-hydrogen) atoms. The maximum atomic E-state index is 14.1. The number of carbonyl (C=O) groups is 1. The molecule has 0 saturated carbocycles. The van der Waals surface area contributed by atoms with Crippen LogP contribution < -0.4 is 10.6 Å². The number of nitrogens with zero attached hydrogens (tertiary/aromatic N) is 4. The van der Waals surface area contributed by atoms with Crippen LogP contribution in [0.15, 0.2) is 60.7 Å². The predicted octanol–water partition coefficient (Wildman–Crippen LogP) is 2.94. The molecule has 0 aliphatic heterocycles. The standard InChI is InChI=1S/C21H19FN6O/c1-23-21(29)15-6-4-5-14(13-15)11-12-24-18-9-10-19-25-26-20(28(19)27-18)16-7-2-3-8-17(16)22/h2-10,13H,11-12H2,1H3,(H,23,29)(H,24,27). The molecule has 0 saturated heterocycles. The Labute approximate surface area is 166 Å². The van der Waals surface area contributed by atoms with Gasteiger partial charge in [-0.3, -0.25) is 4.79 Å². The van der Waals surface area contributed by atoms with E-state index in [1.165, 1.54) is 10.6 Å². The average Bonchev–Trinajstić information content (AvgIpc) is 3.17. The molecule has 0 fully saturated rings. The number of nitrogens with one attached hydrogen (secondary N) is 2. The average molecular weight is 390 g/mol. The van der Waals surface area contributed by atoms with E-state index in [1.54, 1.807) is 43.4 Å². The zero-order valence-electron chi connectivity index (χ0n) is 15.8. The highest BCUT2D eigenvalue weighted by molar-refractivity contribution is 5.94. The van der Waals surface area contributed by atoms with Crippen LogP contribution in [0.3, 0.4) is 0 Å². The van der Waals surface area contributed by atoms with E-state index in [0.29, 0.717) is 41.4 Å². The molecule has 0 atom stereocenters. The van der Waals surface area contributed by atoms with Crippen molar-refractivity contribution in [1.82, 2.24) is 25.1 Å². The second-order valence-corrected chi connectivity index (χ2v) is 6.45. The van der Waals surface area contributed by atoms with Gasteiger partial charge in [-0.2, -0.15) is 4.52 Å². The van der Waals surface area contributed by atoms with Crippen LogP contribution in [-0.2, 0) is 6.42 Å². The van der Waals surface area contributed by atoms with E-state index in [0.717, 1.165) is 5.56 Å². The van der Waals surface area contributed by atoms with Crippen LogP contribution in [0.4, 0.5) is 10.2 Å². The monoisotopic (exact) mass is 390 g/mol. The van der Waals surface area contributed by atoms with E-state index in [9.17, 15) is 9.18 Å². The van der Waals surface area contributed by atoms with E-state index in [-0.39, 0.29) is 11.7 Å². The molecule has 1 amide bonds. The van der Waals surface area contributed by atoms with Crippen LogP contribution in [0.2, 0.25) is 0 Å². The second-order valence-electron chi connectivity index (χ2n) is 6.45. The first-order chi connectivity index (χ1) is 14.2. The molecule has 0 radical (unpaired) electrons. The van der Waals surface area contributed by atoms with Crippen molar-refractivity contribution >= 4 is 17.4 Å². The number of hydrogen-bond donors (Lipinski definition) is 2. The van der Waals surface area contributed by atoms with Crippen LogP contribution in [0, 0.1) is 5.82 Å². The first-order valence-electron chi connectivity index (χ1n) is 9.18. The molecule has 2 heterocycles. The summed E-state index contributed by atoms with van der Waals surface area (Å²) in [5, 5.41) is 18.5. The minimum atomic E-state index is -0.377. The third kappa shape index (κ3) is 3.91. The number of carbonyl (C=O) groups excluding carboxylic acids is 1. The summed E-state index contributed by atoms with van der Waals surface area (Å²) in [6, 6.07) is 17.5. The SMILES string of the molecule is CNC(=O)c1cccc(CCNc2ccc3nnc(-c4ccccc4F)n3n2)c1. The highest BCUT2D eigenvalue weighted by atomic mass is 19.1. The minimum absolute atomic E-state index is 0.111. The van der Waals surface area contributed by atoms with Crippen LogP contribution in [0.25, 0.3) is 17.0 Å². The highest BCUT2D eigenvalue weighted by Gasteiger charge is 2.13. The lowest BCUT2D eigenvalue weighted by molar-refractivity contribution is 0.0963. The predicted molar refractivity (Wildman–Crippen MR) is 108 cm³/mol. The summed E-state index contributed by atoms with van der Waals surface area (Å²) < 4.78 is 15.7. The molecule has 0 aliphatic rings. The van der Waals surface area contributed by atoms with Crippen molar-refractivity contribution in [2.75, 3.05) is 18.9 Å². The summed E-state index contributed by atoms with van der Waals surface area (Å²) in [5.41, 5.74) is 2.54. The van der Waals surface area contributed by atoms with Gasteiger partial charge in [-0.1, -0.05) is 24.3 Å². The summed E-state index contributed by atoms with van der Waals surface area (Å²) in [7, 11) is 1.61. The number of benzene rings is 2. The van der Waals surface area contributed by atoms with Crippen molar-refractivity contribution in [3.8, 4) is 11.4 Å². The van der Waals surface area contributed by atoms with Gasteiger partial charge in [-0.15, -0.1) is 15.3 Å². The number of anilines is 1. The zero-order chi connectivity index (χ0) is 20.2. The quantitative estimate of drug-likeness (QED) is 0.529. The maximum absolute atomic E-state index is 14.1. The second kappa shape index (κ2) is 8.05. The minimum Gasteiger partial charge on any atom is -0.368 e. The Balaban J connectivity index is 1.50. The summed E-state index contributed by atoms with van der Waals surface area (Å²) >= 11 is 0. The fraction of sp³-hybridized carbons (Fsp3) is 0.143. The molecular weight excluding hydrogens is 371 g/mol. The van der Waals surface area contributed by atoms with Crippen molar-refractivity contribution in [3.63, 3.8) is 0 Å². The van der Waals surface area contributed by atoms with E-state index in [2.05, 4.69) is 25.9 Å². The van der Waals surface area contributed by atoms with Gasteiger partial charge in [0.2, 0.25) is 0 Å². The Morgan fingerprint density at radius 2 is 1.93 bits per heavy atom. The lowest BCUT2D eigenvalue weighted by Crippen LogP contribution is -2.18. The Bertz CT molecular complexity index is 1170. The Hall–Kier alpha value is -3.81. The Morgan fingerprint density at radius 1 is 1.07 bits per heavy atom. The molecule has 0 aliphatic carbocycles. The van der Waals surface area contributed by atoms with Gasteiger partial charge in [-0.05, 0) is 48.4 Å². The normalized spacial score (nSPS) is 10.8. The number of halogens is 1. The van der Waals surface area contributed by atoms with E-state index in [1.807, 2.05) is 18.2 Å². The largest absolute Gasteiger partial charge is 0.368 e. The molecule has 2 aromatic carbocycles. The number of aromatic nitrogens is 4. The van der Waals surface area contributed by atoms with Crippen LogP contribution >= 0.6 is 0 Å². The van der Waals surface area contributed by atoms with Crippen LogP contribution in [-0.4, -0.2) is 39.3 Å². The molecule has 8 heteroatoms. The fourth-order valence-electron chi connectivity index (χ4n) is 3.04. The summed E-state index contributed by atoms with van der Waals surface area (Å²) in [5.74, 6) is 0.482. The van der Waals surface area contributed by atoms with Gasteiger partial charge in [-0.25, -0.2) is 4.39 Å². The Kier molecular flexibility index (Phi) is 5.15. The van der Waals surface area contributed by atoms with Crippen molar-refractivity contribution < 1.29 is 9.18 Å². The molecule has 4 aromatic rings. The molecule has 2 N–H and O–H groups in total. The van der Waals surface area contributed by atoms with E-state index in [4.69, 9.17) is 0 Å². The van der Waals surface area contributed by atoms with Crippen molar-refractivity contribution in [2.24, 2.45) is 0 Å². The summed E-state index contributed by atoms with van der Waals surface area (Å²) in [6.07, 6.45) is 0.715. The van der Waals surface area contributed by atoms with Gasteiger partial charge in [0.1, 0.15) is 11.6 Å². The van der Waals surface area contributed by atoms with Gasteiger partial charge < -0.3 is 10.6 Å². The third-order valence-electron chi connectivity index (χ3n) is 4.51. The molecule has 4 rings (SSSR count). The van der Waals surface area contributed by atoms with Crippen molar-refractivity contribution in [3.05, 3.63) is 77.6 Å². The molecule has 0 spiro atoms. The fourth-order valence-corrected chi connectivity index (χ4v) is 3.04. The van der Waals surface area contributed by atoms with Gasteiger partial charge in [0.05, 0.1) is 5.56 Å². The summed E-state index contributed by atoms with van der Waals surface area (Å²) in [6.45, 7) is 0.618. The zero-order valence-corrected chi connectivity index (χ0v) is 15.8. The molecular formula is C21H19FN6O. The molecule has 2 aromatic heterocycles. The highest BCUT2D eigenvalue weighted by Crippen LogP contribution is 2.21. The third-order valence-corrected chi connectivity index (χ3v) is 4.51. The molecule has 146 valence electrons. The number of amides is 1.